The normalized spacial score (nSPS) is 24.1. The smallest absolute Gasteiger partial charge is 0.319 e. The van der Waals surface area contributed by atoms with E-state index in [0.717, 1.165) is 51.9 Å². The average molecular weight is 639 g/mol. The van der Waals surface area contributed by atoms with E-state index in [1.54, 1.807) is 18.2 Å². The summed E-state index contributed by atoms with van der Waals surface area (Å²) in [4.78, 5) is 16.5. The predicted octanol–water partition coefficient (Wildman–Crippen LogP) is 5.15. The number of terminal acetylenes is 1. The molecule has 0 radical (unpaired) electrons. The van der Waals surface area contributed by atoms with Crippen LogP contribution in [0, 0.1) is 29.4 Å². The van der Waals surface area contributed by atoms with E-state index < -0.39 is 11.6 Å². The lowest BCUT2D eigenvalue weighted by Gasteiger charge is -2.40. The van der Waals surface area contributed by atoms with Crippen LogP contribution in [0.15, 0.2) is 36.4 Å². The zero-order valence-electron chi connectivity index (χ0n) is 26.9. The van der Waals surface area contributed by atoms with Crippen molar-refractivity contribution in [2.45, 2.75) is 50.7 Å². The van der Waals surface area contributed by atoms with E-state index in [0.29, 0.717) is 65.4 Å². The van der Waals surface area contributed by atoms with Crippen LogP contribution in [0.25, 0.3) is 32.8 Å². The Kier molecular flexibility index (Phi) is 7.47. The standard InChI is InChI=1S/C37H40F2N6O2/c1-4-23-6-5-7-24-14-27(46)15-28(31(23)24)32-30(38)16-29-34(33(32)39)41-36(42-35(29)45-18-25-8-9-26(19-45)40-25)47-21-37(10-11-37)20-44-13-12-43(3)17-22(44)2/h1,5-7,14-16,22,25-26,40,46H,8-13,17-21H2,2-3H3/t22-,25?,26?/m1/s1. The quantitative estimate of drug-likeness (QED) is 0.270. The van der Waals surface area contributed by atoms with Crippen molar-refractivity contribution in [2.75, 3.05) is 57.8 Å². The highest BCUT2D eigenvalue weighted by Gasteiger charge is 2.46. The maximum Gasteiger partial charge on any atom is 0.319 e. The summed E-state index contributed by atoms with van der Waals surface area (Å²) in [5.41, 5.74) is 0.352. The number of rotatable bonds is 7. The fraction of sp³-hybridized carbons (Fsp3) is 0.459. The van der Waals surface area contributed by atoms with Crippen molar-refractivity contribution < 1.29 is 18.6 Å². The molecule has 0 amide bonds. The number of anilines is 1. The van der Waals surface area contributed by atoms with Crippen LogP contribution in [0.2, 0.25) is 0 Å². The number of aromatic nitrogens is 2. The molecule has 1 aromatic heterocycles. The van der Waals surface area contributed by atoms with Crippen molar-refractivity contribution >= 4 is 27.5 Å². The first-order valence-electron chi connectivity index (χ1n) is 16.7. The lowest BCUT2D eigenvalue weighted by Crippen LogP contribution is -2.52. The molecule has 47 heavy (non-hydrogen) atoms. The molecule has 4 aromatic rings. The van der Waals surface area contributed by atoms with Gasteiger partial charge in [0.15, 0.2) is 5.82 Å². The van der Waals surface area contributed by atoms with Crippen molar-refractivity contribution in [1.29, 1.82) is 0 Å². The lowest BCUT2D eigenvalue weighted by molar-refractivity contribution is 0.0666. The second-order valence-corrected chi connectivity index (χ2v) is 14.2. The Morgan fingerprint density at radius 1 is 1.09 bits per heavy atom. The van der Waals surface area contributed by atoms with E-state index in [-0.39, 0.29) is 33.8 Å². The molecular formula is C37H40F2N6O2. The van der Waals surface area contributed by atoms with Crippen LogP contribution >= 0.6 is 0 Å². The van der Waals surface area contributed by atoms with Gasteiger partial charge in [0.2, 0.25) is 0 Å². The third-order valence-corrected chi connectivity index (χ3v) is 10.7. The number of halogens is 2. The zero-order chi connectivity index (χ0) is 32.4. The third-order valence-electron chi connectivity index (χ3n) is 10.7. The molecule has 3 aliphatic heterocycles. The highest BCUT2D eigenvalue weighted by molar-refractivity contribution is 6.04. The fourth-order valence-corrected chi connectivity index (χ4v) is 8.00. The number of likely N-dealkylation sites (N-methyl/N-ethyl adjacent to an activating group) is 1. The fourth-order valence-electron chi connectivity index (χ4n) is 8.00. The van der Waals surface area contributed by atoms with Gasteiger partial charge in [0, 0.05) is 84.7 Å². The summed E-state index contributed by atoms with van der Waals surface area (Å²) in [5.74, 6) is 1.39. The first kappa shape index (κ1) is 30.3. The number of nitrogens with zero attached hydrogens (tertiary/aromatic N) is 5. The van der Waals surface area contributed by atoms with E-state index in [2.05, 4.69) is 44.9 Å². The van der Waals surface area contributed by atoms with E-state index >= 15 is 8.78 Å². The largest absolute Gasteiger partial charge is 0.508 e. The van der Waals surface area contributed by atoms with Gasteiger partial charge in [-0.2, -0.15) is 9.97 Å². The summed E-state index contributed by atoms with van der Waals surface area (Å²) in [6, 6.07) is 10.6. The molecule has 2 unspecified atom stereocenters. The maximum absolute atomic E-state index is 16.9. The van der Waals surface area contributed by atoms with Gasteiger partial charge >= 0.3 is 6.01 Å². The van der Waals surface area contributed by atoms with Gasteiger partial charge in [-0.25, -0.2) is 8.78 Å². The van der Waals surface area contributed by atoms with Crippen molar-refractivity contribution in [1.82, 2.24) is 25.1 Å². The first-order chi connectivity index (χ1) is 22.7. The number of piperazine rings is 2. The van der Waals surface area contributed by atoms with Gasteiger partial charge in [-0.1, -0.05) is 18.1 Å². The Bertz CT molecular complexity index is 1910. The highest BCUT2D eigenvalue weighted by Crippen LogP contribution is 2.47. The number of fused-ring (bicyclic) bond motifs is 4. The molecule has 10 heteroatoms. The molecule has 3 saturated heterocycles. The highest BCUT2D eigenvalue weighted by atomic mass is 19.1. The minimum absolute atomic E-state index is 0.00934. The van der Waals surface area contributed by atoms with E-state index in [4.69, 9.17) is 16.1 Å². The van der Waals surface area contributed by atoms with Gasteiger partial charge in [0.05, 0.1) is 12.2 Å². The molecule has 4 fully saturated rings. The van der Waals surface area contributed by atoms with E-state index in [9.17, 15) is 5.11 Å². The van der Waals surface area contributed by atoms with Crippen LogP contribution in [0.1, 0.15) is 38.2 Å². The Hall–Kier alpha value is -4.04. The number of hydrogen-bond acceptors (Lipinski definition) is 8. The first-order valence-corrected chi connectivity index (χ1v) is 16.7. The van der Waals surface area contributed by atoms with Gasteiger partial charge < -0.3 is 25.0 Å². The van der Waals surface area contributed by atoms with Crippen molar-refractivity contribution in [2.24, 2.45) is 5.41 Å². The topological polar surface area (TPSA) is 77.0 Å². The molecule has 4 aliphatic rings. The van der Waals surface area contributed by atoms with Crippen LogP contribution in [0.4, 0.5) is 14.6 Å². The molecular weight excluding hydrogens is 598 g/mol. The molecule has 8 nitrogen and oxygen atoms in total. The van der Waals surface area contributed by atoms with Crippen LogP contribution in [0.3, 0.4) is 0 Å². The third kappa shape index (κ3) is 5.54. The van der Waals surface area contributed by atoms with E-state index in [1.807, 2.05) is 0 Å². The summed E-state index contributed by atoms with van der Waals surface area (Å²) in [5, 5.41) is 15.6. The van der Waals surface area contributed by atoms with Crippen molar-refractivity contribution in [3.05, 3.63) is 53.6 Å². The Morgan fingerprint density at radius 2 is 1.87 bits per heavy atom. The predicted molar refractivity (Wildman–Crippen MR) is 180 cm³/mol. The molecule has 3 atom stereocenters. The number of benzene rings is 3. The summed E-state index contributed by atoms with van der Waals surface area (Å²) in [7, 11) is 2.16. The monoisotopic (exact) mass is 638 g/mol. The van der Waals surface area contributed by atoms with Gasteiger partial charge in [0.1, 0.15) is 22.9 Å². The molecule has 8 rings (SSSR count). The number of phenolic OH excluding ortho intramolecular Hbond substituents is 1. The molecule has 0 spiro atoms. The average Bonchev–Trinajstić information content (AvgIpc) is 3.74. The maximum atomic E-state index is 16.9. The molecule has 1 aliphatic carbocycles. The lowest BCUT2D eigenvalue weighted by atomic mass is 9.93. The SMILES string of the molecule is C#Cc1cccc2cc(O)cc(-c3c(F)cc4c(N5CC6CCC(C5)N6)nc(OCC5(CN6CCN(C)C[C@H]6C)CC5)nc4c3F)c12. The summed E-state index contributed by atoms with van der Waals surface area (Å²) < 4.78 is 39.5. The minimum atomic E-state index is -0.835. The van der Waals surface area contributed by atoms with Crippen LogP contribution < -0.4 is 15.0 Å². The summed E-state index contributed by atoms with van der Waals surface area (Å²) in [6.07, 6.45) is 10.0. The molecule has 2 bridgehead atoms. The number of hydrogen-bond donors (Lipinski definition) is 2. The second kappa shape index (κ2) is 11.6. The summed E-state index contributed by atoms with van der Waals surface area (Å²) in [6.45, 7) is 8.11. The van der Waals surface area contributed by atoms with Gasteiger partial charge in [-0.05, 0) is 69.3 Å². The summed E-state index contributed by atoms with van der Waals surface area (Å²) >= 11 is 0. The molecule has 244 valence electrons. The second-order valence-electron chi connectivity index (χ2n) is 14.2. The van der Waals surface area contributed by atoms with Gasteiger partial charge in [0.25, 0.3) is 0 Å². The molecule has 3 aromatic carbocycles. The van der Waals surface area contributed by atoms with Gasteiger partial charge in [-0.15, -0.1) is 6.42 Å². The number of aromatic hydroxyl groups is 1. The molecule has 1 saturated carbocycles. The van der Waals surface area contributed by atoms with Crippen molar-refractivity contribution in [3.8, 4) is 35.2 Å². The Balaban J connectivity index is 1.21. The number of ether oxygens (including phenoxy) is 1. The number of nitrogens with one attached hydrogen (secondary N) is 1. The minimum Gasteiger partial charge on any atom is -0.508 e. The molecule has 4 heterocycles. The number of phenols is 1. The van der Waals surface area contributed by atoms with Crippen LogP contribution in [-0.4, -0.2) is 95.9 Å². The Morgan fingerprint density at radius 3 is 2.60 bits per heavy atom. The van der Waals surface area contributed by atoms with Gasteiger partial charge in [-0.3, -0.25) is 4.90 Å². The zero-order valence-corrected chi connectivity index (χ0v) is 26.9. The Labute approximate surface area is 273 Å². The van der Waals surface area contributed by atoms with Crippen molar-refractivity contribution in [3.63, 3.8) is 0 Å². The van der Waals surface area contributed by atoms with Crippen LogP contribution in [0.5, 0.6) is 11.8 Å². The molecule has 2 N–H and O–H groups in total. The van der Waals surface area contributed by atoms with Crippen LogP contribution in [-0.2, 0) is 0 Å². The van der Waals surface area contributed by atoms with E-state index in [1.165, 1.54) is 18.2 Å².